The second kappa shape index (κ2) is 7.11. The minimum Gasteiger partial charge on any atom is -0.310 e. The quantitative estimate of drug-likeness (QED) is 0.637. The van der Waals surface area contributed by atoms with Crippen molar-refractivity contribution in [3.63, 3.8) is 0 Å². The first kappa shape index (κ1) is 20.7. The molecule has 0 aliphatic carbocycles. The topological polar surface area (TPSA) is 102 Å². The summed E-state index contributed by atoms with van der Waals surface area (Å²) in [6.45, 7) is 3.12. The lowest BCUT2D eigenvalue weighted by molar-refractivity contribution is -0.141. The van der Waals surface area contributed by atoms with Crippen molar-refractivity contribution in [3.05, 3.63) is 35.5 Å². The van der Waals surface area contributed by atoms with Crippen molar-refractivity contribution in [1.82, 2.24) is 19.7 Å². The van der Waals surface area contributed by atoms with Crippen molar-refractivity contribution < 1.29 is 21.6 Å². The first-order valence-corrected chi connectivity index (χ1v) is 10.2. The van der Waals surface area contributed by atoms with Crippen LogP contribution in [0.4, 0.5) is 13.2 Å². The molecule has 1 unspecified atom stereocenters. The molecule has 0 aliphatic rings. The van der Waals surface area contributed by atoms with E-state index in [0.717, 1.165) is 6.07 Å². The smallest absolute Gasteiger partial charge is 0.310 e. The van der Waals surface area contributed by atoms with Crippen LogP contribution in [-0.2, 0) is 23.1 Å². The SMILES string of the molecule is CCS(=O)(=O)c1cc(C(C)C#N)ccc1-c1nc2cc(C(F)(F)F)nnc2n1C. The van der Waals surface area contributed by atoms with Crippen molar-refractivity contribution in [2.75, 3.05) is 5.75 Å². The van der Waals surface area contributed by atoms with Crippen LogP contribution in [0.25, 0.3) is 22.6 Å². The van der Waals surface area contributed by atoms with Gasteiger partial charge in [0, 0.05) is 18.7 Å². The summed E-state index contributed by atoms with van der Waals surface area (Å²) in [7, 11) is -2.19. The third-order valence-electron chi connectivity index (χ3n) is 4.56. The minimum atomic E-state index is -4.68. The van der Waals surface area contributed by atoms with E-state index in [2.05, 4.69) is 15.2 Å². The number of benzene rings is 1. The van der Waals surface area contributed by atoms with Gasteiger partial charge in [-0.15, -0.1) is 10.2 Å². The number of hydrogen-bond acceptors (Lipinski definition) is 6. The predicted octanol–water partition coefficient (Wildman–Crippen LogP) is 3.47. The normalized spacial score (nSPS) is 13.4. The average molecular weight is 423 g/mol. The van der Waals surface area contributed by atoms with E-state index in [9.17, 15) is 21.6 Å². The van der Waals surface area contributed by atoms with E-state index in [0.29, 0.717) is 5.56 Å². The summed E-state index contributed by atoms with van der Waals surface area (Å²) in [6, 6.07) is 7.34. The molecule has 0 fully saturated rings. The highest BCUT2D eigenvalue weighted by atomic mass is 32.2. The van der Waals surface area contributed by atoms with Crippen LogP contribution < -0.4 is 0 Å². The summed E-state index contributed by atoms with van der Waals surface area (Å²) in [4.78, 5) is 4.15. The number of nitrogens with zero attached hydrogens (tertiary/aromatic N) is 5. The molecular formula is C18H16F3N5O2S. The Kier molecular flexibility index (Phi) is 5.08. The molecule has 0 saturated heterocycles. The largest absolute Gasteiger partial charge is 0.435 e. The van der Waals surface area contributed by atoms with Crippen LogP contribution in [0, 0.1) is 11.3 Å². The fourth-order valence-electron chi connectivity index (χ4n) is 2.85. The molecule has 0 N–H and O–H groups in total. The number of aryl methyl sites for hydroxylation is 1. The third kappa shape index (κ3) is 3.67. The number of nitriles is 1. The summed E-state index contributed by atoms with van der Waals surface area (Å²) in [6.07, 6.45) is -4.68. The van der Waals surface area contributed by atoms with Gasteiger partial charge in [-0.3, -0.25) is 0 Å². The molecule has 2 heterocycles. The number of rotatable bonds is 4. The predicted molar refractivity (Wildman–Crippen MR) is 98.5 cm³/mol. The van der Waals surface area contributed by atoms with Crippen LogP contribution in [0.5, 0.6) is 0 Å². The first-order chi connectivity index (χ1) is 13.5. The zero-order chi connectivity index (χ0) is 21.6. The molecule has 3 rings (SSSR count). The Morgan fingerprint density at radius 1 is 1.24 bits per heavy atom. The number of halogens is 3. The van der Waals surface area contributed by atoms with Gasteiger partial charge in [-0.2, -0.15) is 18.4 Å². The molecule has 0 saturated carbocycles. The van der Waals surface area contributed by atoms with Crippen molar-refractivity contribution in [2.45, 2.75) is 30.8 Å². The number of aromatic nitrogens is 4. The van der Waals surface area contributed by atoms with Crippen molar-refractivity contribution in [1.29, 1.82) is 5.26 Å². The van der Waals surface area contributed by atoms with E-state index in [1.54, 1.807) is 13.0 Å². The summed E-state index contributed by atoms with van der Waals surface area (Å²) in [5.74, 6) is -0.584. The Hall–Kier alpha value is -3.00. The molecule has 7 nitrogen and oxygen atoms in total. The average Bonchev–Trinajstić information content (AvgIpc) is 3.02. The maximum atomic E-state index is 12.9. The molecule has 29 heavy (non-hydrogen) atoms. The van der Waals surface area contributed by atoms with Crippen LogP contribution in [-0.4, -0.2) is 33.9 Å². The number of fused-ring (bicyclic) bond motifs is 1. The minimum absolute atomic E-state index is 0.0398. The molecule has 3 aromatic rings. The summed E-state index contributed by atoms with van der Waals surface area (Å²) in [5.41, 5.74) is -0.424. The monoisotopic (exact) mass is 423 g/mol. The van der Waals surface area contributed by atoms with Gasteiger partial charge >= 0.3 is 6.18 Å². The van der Waals surface area contributed by atoms with Crippen molar-refractivity contribution in [2.24, 2.45) is 7.05 Å². The number of sulfone groups is 1. The second-order valence-corrected chi connectivity index (χ2v) is 8.69. The standard InChI is InChI=1S/C18H16F3N5O2S/c1-4-29(27,28)14-7-11(10(2)9-22)5-6-12(14)16-23-13-8-15(18(19,20)21)24-25-17(13)26(16)3/h5-8,10H,4H2,1-3H3. The summed E-state index contributed by atoms with van der Waals surface area (Å²) >= 11 is 0. The highest BCUT2D eigenvalue weighted by molar-refractivity contribution is 7.91. The molecule has 0 bridgehead atoms. The number of hydrogen-bond donors (Lipinski definition) is 0. The molecule has 2 aromatic heterocycles. The molecule has 0 aliphatic heterocycles. The Morgan fingerprint density at radius 2 is 1.93 bits per heavy atom. The molecule has 152 valence electrons. The van der Waals surface area contributed by atoms with E-state index in [1.165, 1.54) is 30.7 Å². The van der Waals surface area contributed by atoms with Crippen molar-refractivity contribution in [3.8, 4) is 17.5 Å². The Balaban J connectivity index is 2.29. The Bertz CT molecular complexity index is 1240. The van der Waals surface area contributed by atoms with Gasteiger partial charge in [0.25, 0.3) is 0 Å². The number of imidazole rings is 1. The molecule has 0 radical (unpaired) electrons. The van der Waals surface area contributed by atoms with E-state index < -0.39 is 27.6 Å². The first-order valence-electron chi connectivity index (χ1n) is 8.53. The number of alkyl halides is 3. The van der Waals surface area contributed by atoms with Gasteiger partial charge in [-0.1, -0.05) is 13.0 Å². The highest BCUT2D eigenvalue weighted by Gasteiger charge is 2.34. The molecule has 1 atom stereocenters. The van der Waals surface area contributed by atoms with Crippen LogP contribution in [0.2, 0.25) is 0 Å². The zero-order valence-corrected chi connectivity index (χ0v) is 16.5. The van der Waals surface area contributed by atoms with E-state index in [1.807, 2.05) is 6.07 Å². The maximum Gasteiger partial charge on any atom is 0.435 e. The van der Waals surface area contributed by atoms with Crippen molar-refractivity contribution >= 4 is 21.0 Å². The molecule has 0 amide bonds. The second-order valence-electron chi connectivity index (χ2n) is 6.44. The van der Waals surface area contributed by atoms with Crippen LogP contribution in [0.3, 0.4) is 0 Å². The Labute approximate surface area is 164 Å². The maximum absolute atomic E-state index is 12.9. The summed E-state index contributed by atoms with van der Waals surface area (Å²) in [5, 5.41) is 15.9. The lowest BCUT2D eigenvalue weighted by Gasteiger charge is -2.12. The molecule has 0 spiro atoms. The van der Waals surface area contributed by atoms with Crippen LogP contribution in [0.1, 0.15) is 31.0 Å². The fourth-order valence-corrected chi connectivity index (χ4v) is 3.97. The summed E-state index contributed by atoms with van der Waals surface area (Å²) < 4.78 is 65.5. The lowest BCUT2D eigenvalue weighted by atomic mass is 10.0. The van der Waals surface area contributed by atoms with Crippen LogP contribution >= 0.6 is 0 Å². The van der Waals surface area contributed by atoms with Gasteiger partial charge in [0.2, 0.25) is 0 Å². The Morgan fingerprint density at radius 3 is 2.52 bits per heavy atom. The molecule has 1 aromatic carbocycles. The van der Waals surface area contributed by atoms with Gasteiger partial charge in [-0.25, -0.2) is 13.4 Å². The molecular weight excluding hydrogens is 407 g/mol. The highest BCUT2D eigenvalue weighted by Crippen LogP contribution is 2.33. The van der Waals surface area contributed by atoms with Gasteiger partial charge in [0.15, 0.2) is 21.2 Å². The van der Waals surface area contributed by atoms with Gasteiger partial charge < -0.3 is 4.57 Å². The molecule has 11 heteroatoms. The lowest BCUT2D eigenvalue weighted by Crippen LogP contribution is -2.09. The fraction of sp³-hybridized carbons (Fsp3) is 0.333. The van der Waals surface area contributed by atoms with E-state index in [4.69, 9.17) is 5.26 Å². The van der Waals surface area contributed by atoms with Crippen LogP contribution in [0.15, 0.2) is 29.2 Å². The van der Waals surface area contributed by atoms with Gasteiger partial charge in [0.1, 0.15) is 11.3 Å². The van der Waals surface area contributed by atoms with Gasteiger partial charge in [-0.05, 0) is 24.6 Å². The van der Waals surface area contributed by atoms with Gasteiger partial charge in [0.05, 0.1) is 22.6 Å². The van der Waals surface area contributed by atoms with E-state index in [-0.39, 0.29) is 33.2 Å². The zero-order valence-electron chi connectivity index (χ0n) is 15.7. The van der Waals surface area contributed by atoms with E-state index >= 15 is 0 Å². The third-order valence-corrected chi connectivity index (χ3v) is 6.33.